The van der Waals surface area contributed by atoms with Crippen LogP contribution < -0.4 is 4.74 Å². The van der Waals surface area contributed by atoms with Crippen molar-refractivity contribution < 1.29 is 34.0 Å². The fourth-order valence-corrected chi connectivity index (χ4v) is 3.79. The van der Waals surface area contributed by atoms with Gasteiger partial charge in [0.1, 0.15) is 11.7 Å². The molecular weight excluding hydrogens is 386 g/mol. The molecular formula is C19H27NO7S. The Hall–Kier alpha value is -1.81. The molecule has 1 atom stereocenters. The van der Waals surface area contributed by atoms with E-state index >= 15 is 0 Å². The van der Waals surface area contributed by atoms with Crippen LogP contribution in [-0.4, -0.2) is 79.3 Å². The maximum Gasteiger partial charge on any atom is 0.305 e. The number of para-hydroxylation sites is 1. The quantitative estimate of drug-likeness (QED) is 0.474. The van der Waals surface area contributed by atoms with Gasteiger partial charge in [0.25, 0.3) is 0 Å². The lowest BCUT2D eigenvalue weighted by Crippen LogP contribution is -2.25. The van der Waals surface area contributed by atoms with Gasteiger partial charge in [0.15, 0.2) is 11.5 Å². The van der Waals surface area contributed by atoms with Gasteiger partial charge in [-0.3, -0.25) is 9.79 Å². The van der Waals surface area contributed by atoms with Gasteiger partial charge >= 0.3 is 5.97 Å². The Morgan fingerprint density at radius 1 is 1.18 bits per heavy atom. The molecule has 8 nitrogen and oxygen atoms in total. The number of nitrogens with zero attached hydrogens (tertiary/aromatic N) is 1. The minimum Gasteiger partial charge on any atom is -0.504 e. The van der Waals surface area contributed by atoms with Crippen LogP contribution in [0, 0.1) is 0 Å². The van der Waals surface area contributed by atoms with E-state index in [1.165, 1.54) is 11.8 Å². The van der Waals surface area contributed by atoms with Gasteiger partial charge in [-0.15, -0.1) is 11.8 Å². The van der Waals surface area contributed by atoms with Crippen LogP contribution in [-0.2, 0) is 19.0 Å². The van der Waals surface area contributed by atoms with Crippen LogP contribution in [0.5, 0.6) is 11.5 Å². The van der Waals surface area contributed by atoms with Crippen molar-refractivity contribution in [3.63, 3.8) is 0 Å². The van der Waals surface area contributed by atoms with Crippen molar-refractivity contribution in [1.29, 1.82) is 0 Å². The van der Waals surface area contributed by atoms with Crippen molar-refractivity contribution >= 4 is 22.8 Å². The van der Waals surface area contributed by atoms with Crippen LogP contribution in [0.1, 0.15) is 18.9 Å². The number of carboxylic acids is 1. The average molecular weight is 413 g/mol. The third-order valence-corrected chi connectivity index (χ3v) is 5.29. The number of aliphatic carboxylic acids is 1. The highest BCUT2D eigenvalue weighted by atomic mass is 32.2. The van der Waals surface area contributed by atoms with Crippen LogP contribution in [0.4, 0.5) is 0 Å². The van der Waals surface area contributed by atoms with Crippen molar-refractivity contribution in [3.8, 4) is 11.5 Å². The fraction of sp³-hybridized carbons (Fsp3) is 0.579. The molecule has 0 amide bonds. The number of rotatable bonds is 13. The Morgan fingerprint density at radius 2 is 1.86 bits per heavy atom. The van der Waals surface area contributed by atoms with Crippen molar-refractivity contribution in [2.75, 3.05) is 52.5 Å². The number of hydrogen-bond donors (Lipinski definition) is 2. The predicted octanol–water partition coefficient (Wildman–Crippen LogP) is 2.18. The third-order valence-electron chi connectivity index (χ3n) is 3.94. The maximum atomic E-state index is 11.0. The smallest absolute Gasteiger partial charge is 0.305 e. The zero-order chi connectivity index (χ0) is 20.4. The van der Waals surface area contributed by atoms with E-state index in [-0.39, 0.29) is 18.8 Å². The summed E-state index contributed by atoms with van der Waals surface area (Å²) in [6.07, 6.45) is -0.0486. The number of benzene rings is 1. The molecule has 0 fully saturated rings. The van der Waals surface area contributed by atoms with E-state index < -0.39 is 11.5 Å². The fourth-order valence-electron chi connectivity index (χ4n) is 2.57. The number of carboxylic acid groups (broad SMARTS) is 1. The normalized spacial score (nSPS) is 18.9. The summed E-state index contributed by atoms with van der Waals surface area (Å²) in [7, 11) is 1.62. The molecule has 0 radical (unpaired) electrons. The van der Waals surface area contributed by atoms with E-state index in [4.69, 9.17) is 24.1 Å². The van der Waals surface area contributed by atoms with Gasteiger partial charge < -0.3 is 29.2 Å². The topological polar surface area (TPSA) is 107 Å². The highest BCUT2D eigenvalue weighted by molar-refractivity contribution is 8.14. The molecule has 1 aromatic rings. The minimum atomic E-state index is -0.890. The standard InChI is InChI=1S/C19H27NO7S/c1-19(12-16(21)22)13-28-18(20-19)14-4-3-5-15(17(14)23)27-11-10-26-9-8-25-7-6-24-2/h3-5,23H,6-13H2,1-2H3,(H,21,22)/t19-/m0/s1. The van der Waals surface area contributed by atoms with E-state index in [2.05, 4.69) is 4.99 Å². The second kappa shape index (κ2) is 11.3. The van der Waals surface area contributed by atoms with Crippen LogP contribution >= 0.6 is 11.8 Å². The molecule has 1 aromatic carbocycles. The second-order valence-corrected chi connectivity index (χ2v) is 7.46. The van der Waals surface area contributed by atoms with E-state index in [0.29, 0.717) is 55.1 Å². The van der Waals surface area contributed by atoms with Crippen molar-refractivity contribution in [2.45, 2.75) is 18.9 Å². The van der Waals surface area contributed by atoms with Gasteiger partial charge in [-0.25, -0.2) is 0 Å². The van der Waals surface area contributed by atoms with Crippen LogP contribution in [0.2, 0.25) is 0 Å². The first-order valence-corrected chi connectivity index (χ1v) is 9.98. The van der Waals surface area contributed by atoms with E-state index in [1.54, 1.807) is 32.2 Å². The molecule has 1 aliphatic rings. The van der Waals surface area contributed by atoms with Gasteiger partial charge in [-0.1, -0.05) is 6.07 Å². The van der Waals surface area contributed by atoms with Gasteiger partial charge in [0, 0.05) is 12.9 Å². The van der Waals surface area contributed by atoms with Crippen LogP contribution in [0.3, 0.4) is 0 Å². The third kappa shape index (κ3) is 6.97. The first-order valence-electron chi connectivity index (χ1n) is 8.99. The second-order valence-electron chi connectivity index (χ2n) is 6.49. The molecule has 2 N–H and O–H groups in total. The number of carbonyl (C=O) groups is 1. The summed E-state index contributed by atoms with van der Waals surface area (Å²) in [6, 6.07) is 5.18. The van der Waals surface area contributed by atoms with Gasteiger partial charge in [-0.2, -0.15) is 0 Å². The number of aromatic hydroxyl groups is 1. The predicted molar refractivity (Wildman–Crippen MR) is 107 cm³/mol. The Kier molecular flexibility index (Phi) is 9.04. The highest BCUT2D eigenvalue weighted by Gasteiger charge is 2.34. The number of aliphatic imine (C=N–C) groups is 1. The number of phenolic OH excluding ortho intramolecular Hbond substituents is 1. The molecule has 0 saturated heterocycles. The minimum absolute atomic E-state index is 0.00350. The molecule has 1 aliphatic heterocycles. The highest BCUT2D eigenvalue weighted by Crippen LogP contribution is 2.38. The van der Waals surface area contributed by atoms with Gasteiger partial charge in [-0.05, 0) is 19.1 Å². The summed E-state index contributed by atoms with van der Waals surface area (Å²) in [6.45, 7) is 4.47. The maximum absolute atomic E-state index is 11.0. The van der Waals surface area contributed by atoms with Crippen molar-refractivity contribution in [3.05, 3.63) is 23.8 Å². The molecule has 0 bridgehead atoms. The summed E-state index contributed by atoms with van der Waals surface area (Å²) >= 11 is 1.43. The number of hydrogen-bond acceptors (Lipinski definition) is 8. The zero-order valence-electron chi connectivity index (χ0n) is 16.2. The number of ether oxygens (including phenoxy) is 4. The first-order chi connectivity index (χ1) is 13.4. The lowest BCUT2D eigenvalue weighted by atomic mass is 10.0. The zero-order valence-corrected chi connectivity index (χ0v) is 17.0. The Balaban J connectivity index is 1.83. The molecule has 156 valence electrons. The summed E-state index contributed by atoms with van der Waals surface area (Å²) in [5, 5.41) is 20.2. The van der Waals surface area contributed by atoms with Gasteiger partial charge in [0.2, 0.25) is 0 Å². The summed E-state index contributed by atoms with van der Waals surface area (Å²) in [4.78, 5) is 15.5. The SMILES string of the molecule is COCCOCCOCCOc1cccc(C2=N[C@@](C)(CC(=O)O)CS2)c1O. The van der Waals surface area contributed by atoms with Crippen LogP contribution in [0.25, 0.3) is 0 Å². The van der Waals surface area contributed by atoms with E-state index in [0.717, 1.165) is 0 Å². The molecule has 0 aliphatic carbocycles. The first kappa shape index (κ1) is 22.5. The molecule has 1 heterocycles. The Labute approximate surface area is 168 Å². The Morgan fingerprint density at radius 3 is 2.54 bits per heavy atom. The van der Waals surface area contributed by atoms with E-state index in [1.807, 2.05) is 0 Å². The molecule has 0 aromatic heterocycles. The lowest BCUT2D eigenvalue weighted by molar-refractivity contribution is -0.138. The monoisotopic (exact) mass is 413 g/mol. The lowest BCUT2D eigenvalue weighted by Gasteiger charge is -2.15. The summed E-state index contributed by atoms with van der Waals surface area (Å²) in [5.41, 5.74) is -0.127. The molecule has 2 rings (SSSR count). The van der Waals surface area contributed by atoms with Crippen molar-refractivity contribution in [1.82, 2.24) is 0 Å². The van der Waals surface area contributed by atoms with Gasteiger partial charge in [0.05, 0.1) is 50.6 Å². The molecule has 9 heteroatoms. The average Bonchev–Trinajstić information content (AvgIpc) is 3.02. The summed E-state index contributed by atoms with van der Waals surface area (Å²) in [5.74, 6) is 0.00159. The molecule has 0 unspecified atom stereocenters. The number of thioether (sulfide) groups is 1. The van der Waals surface area contributed by atoms with Crippen LogP contribution in [0.15, 0.2) is 23.2 Å². The number of methoxy groups -OCH3 is 1. The largest absolute Gasteiger partial charge is 0.504 e. The molecule has 28 heavy (non-hydrogen) atoms. The molecule has 0 saturated carbocycles. The summed E-state index contributed by atoms with van der Waals surface area (Å²) < 4.78 is 21.2. The van der Waals surface area contributed by atoms with Crippen molar-refractivity contribution in [2.24, 2.45) is 4.99 Å². The van der Waals surface area contributed by atoms with E-state index in [9.17, 15) is 9.90 Å². The number of phenols is 1. The molecule has 0 spiro atoms. The Bertz CT molecular complexity index is 682.